The van der Waals surface area contributed by atoms with Gasteiger partial charge < -0.3 is 5.32 Å². The number of rotatable bonds is 5. The van der Waals surface area contributed by atoms with E-state index in [2.05, 4.69) is 18.5 Å². The van der Waals surface area contributed by atoms with Gasteiger partial charge in [-0.25, -0.2) is 4.39 Å². The third-order valence-corrected chi connectivity index (χ3v) is 4.25. The molecule has 1 aliphatic rings. The maximum absolute atomic E-state index is 13.1. The number of halogens is 1. The van der Waals surface area contributed by atoms with Gasteiger partial charge in [0, 0.05) is 6.04 Å². The Morgan fingerprint density at radius 2 is 2.35 bits per heavy atom. The van der Waals surface area contributed by atoms with Crippen LogP contribution in [0, 0.1) is 11.7 Å². The van der Waals surface area contributed by atoms with E-state index in [-0.39, 0.29) is 5.82 Å². The van der Waals surface area contributed by atoms with Crippen LogP contribution >= 0.6 is 11.8 Å². The minimum atomic E-state index is -0.111. The van der Waals surface area contributed by atoms with Crippen molar-refractivity contribution in [2.24, 2.45) is 5.92 Å². The summed E-state index contributed by atoms with van der Waals surface area (Å²) in [4.78, 5) is 0. The lowest BCUT2D eigenvalue weighted by atomic mass is 10.1. The van der Waals surface area contributed by atoms with E-state index in [9.17, 15) is 4.39 Å². The molecule has 0 heterocycles. The molecule has 3 heteroatoms. The van der Waals surface area contributed by atoms with E-state index in [0.717, 1.165) is 19.4 Å². The van der Waals surface area contributed by atoms with Crippen molar-refractivity contribution >= 4 is 11.8 Å². The molecular formula is C14H20FNS. The van der Waals surface area contributed by atoms with Crippen LogP contribution < -0.4 is 5.32 Å². The average molecular weight is 253 g/mol. The Balaban J connectivity index is 1.93. The van der Waals surface area contributed by atoms with E-state index in [4.69, 9.17) is 0 Å². The molecule has 0 amide bonds. The van der Waals surface area contributed by atoms with Crippen molar-refractivity contribution in [2.75, 3.05) is 18.6 Å². The Morgan fingerprint density at radius 1 is 1.53 bits per heavy atom. The summed E-state index contributed by atoms with van der Waals surface area (Å²) in [6, 6.07) is 5.62. The summed E-state index contributed by atoms with van der Waals surface area (Å²) >= 11 is 1.89. The van der Waals surface area contributed by atoms with Crippen molar-refractivity contribution in [3.63, 3.8) is 0 Å². The highest BCUT2D eigenvalue weighted by Gasteiger charge is 2.22. The fourth-order valence-electron chi connectivity index (χ4n) is 2.49. The molecule has 2 unspecified atom stereocenters. The maximum Gasteiger partial charge on any atom is 0.123 e. The van der Waals surface area contributed by atoms with Gasteiger partial charge in [0.15, 0.2) is 0 Å². The number of fused-ring (bicyclic) bond motifs is 1. The van der Waals surface area contributed by atoms with Crippen molar-refractivity contribution in [3.05, 3.63) is 35.1 Å². The molecule has 0 aromatic heterocycles. The SMILES string of the molecule is CSCC(C)CNC1CCc2cc(F)ccc21. The van der Waals surface area contributed by atoms with E-state index >= 15 is 0 Å². The van der Waals surface area contributed by atoms with Gasteiger partial charge in [0.2, 0.25) is 0 Å². The molecule has 0 aliphatic heterocycles. The highest BCUT2D eigenvalue weighted by Crippen LogP contribution is 2.31. The zero-order chi connectivity index (χ0) is 12.3. The van der Waals surface area contributed by atoms with Crippen LogP contribution in [0.25, 0.3) is 0 Å². The maximum atomic E-state index is 13.1. The quantitative estimate of drug-likeness (QED) is 0.863. The Kier molecular flexibility index (Phi) is 4.46. The van der Waals surface area contributed by atoms with Crippen LogP contribution in [0.5, 0.6) is 0 Å². The molecule has 94 valence electrons. The van der Waals surface area contributed by atoms with Crippen molar-refractivity contribution in [1.29, 1.82) is 0 Å². The van der Waals surface area contributed by atoms with Crippen LogP contribution in [0.3, 0.4) is 0 Å². The van der Waals surface area contributed by atoms with E-state index < -0.39 is 0 Å². The summed E-state index contributed by atoms with van der Waals surface area (Å²) in [5.74, 6) is 1.77. The first-order valence-electron chi connectivity index (χ1n) is 6.21. The lowest BCUT2D eigenvalue weighted by molar-refractivity contribution is 0.475. The van der Waals surface area contributed by atoms with Crippen LogP contribution in [0.4, 0.5) is 4.39 Å². The van der Waals surface area contributed by atoms with Crippen LogP contribution in [0.1, 0.15) is 30.5 Å². The second-order valence-electron chi connectivity index (χ2n) is 4.90. The molecule has 0 radical (unpaired) electrons. The Bertz CT molecular complexity index is 380. The predicted molar refractivity (Wildman–Crippen MR) is 73.0 cm³/mol. The normalized spacial score (nSPS) is 20.3. The molecule has 0 saturated heterocycles. The second-order valence-corrected chi connectivity index (χ2v) is 5.81. The highest BCUT2D eigenvalue weighted by atomic mass is 32.2. The van der Waals surface area contributed by atoms with E-state index in [1.807, 2.05) is 17.8 Å². The Morgan fingerprint density at radius 3 is 3.12 bits per heavy atom. The predicted octanol–water partition coefficient (Wildman–Crippen LogP) is 3.40. The number of hydrogen-bond donors (Lipinski definition) is 1. The number of benzene rings is 1. The molecule has 1 N–H and O–H groups in total. The third-order valence-electron chi connectivity index (χ3n) is 3.35. The first-order chi connectivity index (χ1) is 8.20. The monoisotopic (exact) mass is 253 g/mol. The van der Waals surface area contributed by atoms with E-state index in [1.165, 1.54) is 16.9 Å². The van der Waals surface area contributed by atoms with Gasteiger partial charge in [0.25, 0.3) is 0 Å². The molecule has 1 nitrogen and oxygen atoms in total. The summed E-state index contributed by atoms with van der Waals surface area (Å²) in [7, 11) is 0. The topological polar surface area (TPSA) is 12.0 Å². The van der Waals surface area contributed by atoms with Gasteiger partial charge in [-0.05, 0) is 60.6 Å². The van der Waals surface area contributed by atoms with Crippen LogP contribution in [0.15, 0.2) is 18.2 Å². The molecule has 2 atom stereocenters. The first kappa shape index (κ1) is 12.9. The van der Waals surface area contributed by atoms with E-state index in [0.29, 0.717) is 12.0 Å². The fraction of sp³-hybridized carbons (Fsp3) is 0.571. The van der Waals surface area contributed by atoms with Gasteiger partial charge in [0.05, 0.1) is 0 Å². The van der Waals surface area contributed by atoms with E-state index in [1.54, 1.807) is 12.1 Å². The standard InChI is InChI=1S/C14H20FNS/c1-10(9-17-2)8-16-14-6-3-11-7-12(15)4-5-13(11)14/h4-5,7,10,14,16H,3,6,8-9H2,1-2H3. The average Bonchev–Trinajstić information content (AvgIpc) is 2.69. The molecule has 0 bridgehead atoms. The van der Waals surface area contributed by atoms with Gasteiger partial charge in [-0.1, -0.05) is 13.0 Å². The van der Waals surface area contributed by atoms with Gasteiger partial charge in [-0.15, -0.1) is 0 Å². The van der Waals surface area contributed by atoms with Crippen molar-refractivity contribution in [3.8, 4) is 0 Å². The van der Waals surface area contributed by atoms with Crippen LogP contribution in [-0.4, -0.2) is 18.6 Å². The van der Waals surface area contributed by atoms with Crippen molar-refractivity contribution in [2.45, 2.75) is 25.8 Å². The fourth-order valence-corrected chi connectivity index (χ4v) is 3.17. The number of thioether (sulfide) groups is 1. The summed E-state index contributed by atoms with van der Waals surface area (Å²) in [5.41, 5.74) is 2.47. The van der Waals surface area contributed by atoms with Crippen LogP contribution in [0.2, 0.25) is 0 Å². The lowest BCUT2D eigenvalue weighted by Gasteiger charge is -2.17. The molecular weight excluding hydrogens is 233 g/mol. The summed E-state index contributed by atoms with van der Waals surface area (Å²) in [6.45, 7) is 3.31. The van der Waals surface area contributed by atoms with Gasteiger partial charge in [-0.3, -0.25) is 0 Å². The largest absolute Gasteiger partial charge is 0.310 e. The number of hydrogen-bond acceptors (Lipinski definition) is 2. The summed E-state index contributed by atoms with van der Waals surface area (Å²) < 4.78 is 13.1. The third kappa shape index (κ3) is 3.23. The van der Waals surface area contributed by atoms with Gasteiger partial charge >= 0.3 is 0 Å². The number of nitrogens with one attached hydrogen (secondary N) is 1. The molecule has 1 aromatic carbocycles. The minimum Gasteiger partial charge on any atom is -0.310 e. The smallest absolute Gasteiger partial charge is 0.123 e. The first-order valence-corrected chi connectivity index (χ1v) is 7.60. The second kappa shape index (κ2) is 5.87. The molecule has 0 fully saturated rings. The van der Waals surface area contributed by atoms with Crippen molar-refractivity contribution < 1.29 is 4.39 Å². The zero-order valence-electron chi connectivity index (χ0n) is 10.5. The molecule has 0 spiro atoms. The Hall–Kier alpha value is -0.540. The molecule has 0 saturated carbocycles. The molecule has 1 aromatic rings. The summed E-state index contributed by atoms with van der Waals surface area (Å²) in [6.07, 6.45) is 4.25. The molecule has 17 heavy (non-hydrogen) atoms. The Labute approximate surface area is 107 Å². The molecule has 2 rings (SSSR count). The van der Waals surface area contributed by atoms with Gasteiger partial charge in [-0.2, -0.15) is 11.8 Å². The van der Waals surface area contributed by atoms with Crippen molar-refractivity contribution in [1.82, 2.24) is 5.32 Å². The number of aryl methyl sites for hydroxylation is 1. The molecule has 1 aliphatic carbocycles. The highest BCUT2D eigenvalue weighted by molar-refractivity contribution is 7.98. The minimum absolute atomic E-state index is 0.111. The lowest BCUT2D eigenvalue weighted by Crippen LogP contribution is -2.25. The zero-order valence-corrected chi connectivity index (χ0v) is 11.3. The van der Waals surface area contributed by atoms with Gasteiger partial charge in [0.1, 0.15) is 5.82 Å². The van der Waals surface area contributed by atoms with Crippen LogP contribution in [-0.2, 0) is 6.42 Å². The summed E-state index contributed by atoms with van der Waals surface area (Å²) in [5, 5.41) is 3.61.